The first kappa shape index (κ1) is 24.7. The number of rotatable bonds is 4. The molecule has 1 fully saturated rings. The van der Waals surface area contributed by atoms with E-state index in [1.807, 2.05) is 41.4 Å². The van der Waals surface area contributed by atoms with E-state index in [-0.39, 0.29) is 11.5 Å². The molecule has 2 aliphatic rings. The molecule has 0 bridgehead atoms. The van der Waals surface area contributed by atoms with E-state index in [0.29, 0.717) is 53.9 Å². The second-order valence-electron chi connectivity index (χ2n) is 8.94. The fraction of sp³-hybridized carbons (Fsp3) is 0.231. The van der Waals surface area contributed by atoms with Gasteiger partial charge in [-0.05, 0) is 43.3 Å². The van der Waals surface area contributed by atoms with Gasteiger partial charge in [-0.15, -0.1) is 0 Å². The van der Waals surface area contributed by atoms with Crippen molar-refractivity contribution in [2.24, 2.45) is 0 Å². The predicted molar refractivity (Wildman–Crippen MR) is 149 cm³/mol. The van der Waals surface area contributed by atoms with E-state index in [9.17, 15) is 14.4 Å². The quantitative estimate of drug-likeness (QED) is 0.373. The number of carbonyl (C=O) groups is 2. The number of nitrogens with one attached hydrogen (secondary N) is 2. The number of hydrogen-bond acceptors (Lipinski definition) is 8. The number of para-hydroxylation sites is 1. The third kappa shape index (κ3) is 4.39. The Balaban J connectivity index is 1.46. The van der Waals surface area contributed by atoms with Gasteiger partial charge in [-0.1, -0.05) is 39.4 Å². The Morgan fingerprint density at radius 1 is 1.13 bits per heavy atom. The van der Waals surface area contributed by atoms with Crippen molar-refractivity contribution in [2.75, 3.05) is 41.6 Å². The molecule has 2 N–H and O–H groups in total. The van der Waals surface area contributed by atoms with Crippen molar-refractivity contribution in [3.05, 3.63) is 86.2 Å². The molecule has 38 heavy (non-hydrogen) atoms. The van der Waals surface area contributed by atoms with E-state index >= 15 is 0 Å². The first-order valence-electron chi connectivity index (χ1n) is 12.0. The largest absolute Gasteiger partial charge is 0.378 e. The van der Waals surface area contributed by atoms with E-state index in [0.717, 1.165) is 14.7 Å². The molecule has 2 aliphatic heterocycles. The van der Waals surface area contributed by atoms with Crippen LogP contribution >= 0.6 is 27.3 Å². The number of nitrogens with zero attached hydrogens (tertiary/aromatic N) is 4. The molecule has 10 nitrogen and oxygen atoms in total. The number of hydrazine groups is 1. The monoisotopic (exact) mass is 594 g/mol. The lowest BCUT2D eigenvalue weighted by molar-refractivity contribution is -0.118. The van der Waals surface area contributed by atoms with Crippen molar-refractivity contribution in [3.8, 4) is 0 Å². The molecule has 12 heteroatoms. The first-order valence-corrected chi connectivity index (χ1v) is 13.6. The summed E-state index contributed by atoms with van der Waals surface area (Å²) >= 11 is 4.74. The molecule has 1 saturated heterocycles. The molecular formula is C26H23BrN6O4S. The highest BCUT2D eigenvalue weighted by atomic mass is 79.9. The Labute approximate surface area is 229 Å². The maximum absolute atomic E-state index is 14.0. The first-order chi connectivity index (χ1) is 18.4. The fourth-order valence-electron chi connectivity index (χ4n) is 4.77. The lowest BCUT2D eigenvalue weighted by Gasteiger charge is -2.37. The van der Waals surface area contributed by atoms with Crippen LogP contribution in [0.2, 0.25) is 0 Å². The van der Waals surface area contributed by atoms with E-state index in [2.05, 4.69) is 31.7 Å². The third-order valence-electron chi connectivity index (χ3n) is 6.56. The van der Waals surface area contributed by atoms with Crippen molar-refractivity contribution >= 4 is 60.1 Å². The van der Waals surface area contributed by atoms with Crippen LogP contribution in [0.25, 0.3) is 10.2 Å². The van der Waals surface area contributed by atoms with Gasteiger partial charge in [0.2, 0.25) is 11.0 Å². The summed E-state index contributed by atoms with van der Waals surface area (Å²) in [5, 5.41) is 6.50. The summed E-state index contributed by atoms with van der Waals surface area (Å²) in [5.74, 6) is -0.790. The number of amides is 2. The molecule has 4 heterocycles. The number of aromatic nitrogens is 2. The number of halogens is 1. The predicted octanol–water partition coefficient (Wildman–Crippen LogP) is 3.34. The summed E-state index contributed by atoms with van der Waals surface area (Å²) in [6.45, 7) is 3.73. The minimum absolute atomic E-state index is 0.296. The Morgan fingerprint density at radius 2 is 1.87 bits per heavy atom. The second kappa shape index (κ2) is 9.95. The molecule has 194 valence electrons. The highest BCUT2D eigenvalue weighted by molar-refractivity contribution is 9.10. The van der Waals surface area contributed by atoms with Crippen LogP contribution in [-0.4, -0.2) is 47.8 Å². The average Bonchev–Trinajstić information content (AvgIpc) is 3.34. The van der Waals surface area contributed by atoms with Gasteiger partial charge in [-0.3, -0.25) is 14.4 Å². The summed E-state index contributed by atoms with van der Waals surface area (Å²) < 4.78 is 8.75. The summed E-state index contributed by atoms with van der Waals surface area (Å²) in [4.78, 5) is 45.5. The summed E-state index contributed by atoms with van der Waals surface area (Å²) in [6.07, 6.45) is 0. The van der Waals surface area contributed by atoms with Crippen LogP contribution in [0.4, 0.5) is 10.8 Å². The van der Waals surface area contributed by atoms with Crippen LogP contribution in [0.15, 0.2) is 63.9 Å². The zero-order valence-electron chi connectivity index (χ0n) is 20.3. The Hall–Kier alpha value is -3.58. The number of morpholine rings is 1. The van der Waals surface area contributed by atoms with Gasteiger partial charge in [0.05, 0.1) is 47.8 Å². The van der Waals surface area contributed by atoms with Crippen molar-refractivity contribution in [3.63, 3.8) is 0 Å². The molecular weight excluding hydrogens is 572 g/mol. The van der Waals surface area contributed by atoms with Crippen LogP contribution in [-0.2, 0) is 9.53 Å². The highest BCUT2D eigenvalue weighted by Crippen LogP contribution is 2.34. The normalized spacial score (nSPS) is 17.5. The maximum Gasteiger partial charge on any atom is 0.276 e. The molecule has 2 amide bonds. The zero-order chi connectivity index (χ0) is 26.4. The SMILES string of the molecule is Cc1c2c(cc(=O)n1N1CCOCC1)C(C(=O)Nc1ccc(Br)cc1)NN(c1nc3ccccc3s1)C2=O. The molecule has 0 saturated carbocycles. The summed E-state index contributed by atoms with van der Waals surface area (Å²) in [6, 6.07) is 15.1. The van der Waals surface area contributed by atoms with Crippen LogP contribution in [0.5, 0.6) is 0 Å². The molecule has 0 spiro atoms. The van der Waals surface area contributed by atoms with Gasteiger partial charge in [-0.2, -0.15) is 0 Å². The molecule has 2 aromatic heterocycles. The number of pyridine rings is 1. The fourth-order valence-corrected chi connectivity index (χ4v) is 5.97. The lowest BCUT2D eigenvalue weighted by Crippen LogP contribution is -2.56. The van der Waals surface area contributed by atoms with E-state index in [1.54, 1.807) is 19.1 Å². The minimum Gasteiger partial charge on any atom is -0.378 e. The zero-order valence-corrected chi connectivity index (χ0v) is 22.7. The Kier molecular flexibility index (Phi) is 6.48. The third-order valence-corrected chi connectivity index (χ3v) is 8.11. The number of ether oxygens (including phenoxy) is 1. The van der Waals surface area contributed by atoms with E-state index in [1.165, 1.54) is 27.1 Å². The molecule has 4 aromatic rings. The molecule has 1 atom stereocenters. The number of benzene rings is 2. The lowest BCUT2D eigenvalue weighted by atomic mass is 9.96. The van der Waals surface area contributed by atoms with Crippen LogP contribution in [0.3, 0.4) is 0 Å². The van der Waals surface area contributed by atoms with Crippen molar-refractivity contribution in [1.29, 1.82) is 0 Å². The van der Waals surface area contributed by atoms with Crippen molar-refractivity contribution in [2.45, 2.75) is 13.0 Å². The molecule has 1 unspecified atom stereocenters. The number of carbonyl (C=O) groups excluding carboxylic acids is 2. The van der Waals surface area contributed by atoms with Gasteiger partial charge >= 0.3 is 0 Å². The number of thiazole rings is 1. The number of fused-ring (bicyclic) bond motifs is 2. The van der Waals surface area contributed by atoms with Crippen LogP contribution in [0, 0.1) is 6.92 Å². The number of anilines is 2. The van der Waals surface area contributed by atoms with Crippen LogP contribution in [0.1, 0.15) is 27.7 Å². The topological polar surface area (TPSA) is 109 Å². The van der Waals surface area contributed by atoms with Gasteiger partial charge in [0.15, 0.2) is 0 Å². The molecule has 0 aliphatic carbocycles. The van der Waals surface area contributed by atoms with Crippen molar-refractivity contribution < 1.29 is 14.3 Å². The second-order valence-corrected chi connectivity index (χ2v) is 10.9. The van der Waals surface area contributed by atoms with E-state index in [4.69, 9.17) is 4.74 Å². The van der Waals surface area contributed by atoms with Gasteiger partial charge in [0.1, 0.15) is 6.04 Å². The standard InChI is InChI=1S/C26H23BrN6O4S/c1-15-22-18(14-21(34)33(15)31-10-12-37-13-11-31)23(24(35)28-17-8-6-16(27)7-9-17)30-32(25(22)36)26-29-19-4-2-3-5-20(19)38-26/h2-9,14,23,30H,10-13H2,1H3,(H,28,35). The number of hydrogen-bond donors (Lipinski definition) is 2. The highest BCUT2D eigenvalue weighted by Gasteiger charge is 2.40. The molecule has 2 aromatic carbocycles. The summed E-state index contributed by atoms with van der Waals surface area (Å²) in [7, 11) is 0. The minimum atomic E-state index is -1.01. The molecule has 0 radical (unpaired) electrons. The maximum atomic E-state index is 14.0. The van der Waals surface area contributed by atoms with Gasteiger partial charge in [-0.25, -0.2) is 20.1 Å². The van der Waals surface area contributed by atoms with Gasteiger partial charge < -0.3 is 15.1 Å². The van der Waals surface area contributed by atoms with Gasteiger partial charge in [0, 0.05) is 21.8 Å². The molecule has 6 rings (SSSR count). The smallest absolute Gasteiger partial charge is 0.276 e. The van der Waals surface area contributed by atoms with Crippen molar-refractivity contribution in [1.82, 2.24) is 15.1 Å². The van der Waals surface area contributed by atoms with Crippen LogP contribution < -0.4 is 26.3 Å². The average molecular weight is 595 g/mol. The Bertz CT molecular complexity index is 1580. The van der Waals surface area contributed by atoms with E-state index < -0.39 is 11.9 Å². The summed E-state index contributed by atoms with van der Waals surface area (Å²) in [5.41, 5.74) is 5.16. The van der Waals surface area contributed by atoms with Gasteiger partial charge in [0.25, 0.3) is 11.5 Å². The Morgan fingerprint density at radius 3 is 2.61 bits per heavy atom.